The van der Waals surface area contributed by atoms with Crippen molar-refractivity contribution in [2.45, 2.75) is 11.0 Å². The van der Waals surface area contributed by atoms with E-state index < -0.39 is 27.9 Å². The van der Waals surface area contributed by atoms with Crippen molar-refractivity contribution in [3.63, 3.8) is 0 Å². The first-order valence-corrected chi connectivity index (χ1v) is 12.6. The van der Waals surface area contributed by atoms with Crippen LogP contribution >= 0.6 is 23.1 Å². The van der Waals surface area contributed by atoms with Crippen molar-refractivity contribution in [2.24, 2.45) is 0 Å². The molecule has 30 heavy (non-hydrogen) atoms. The molecule has 2 aliphatic rings. The van der Waals surface area contributed by atoms with Gasteiger partial charge in [-0.05, 0) is 23.6 Å². The molecule has 9 nitrogen and oxygen atoms in total. The van der Waals surface area contributed by atoms with E-state index in [0.29, 0.717) is 36.1 Å². The maximum Gasteiger partial charge on any atom is 0.283 e. The molecule has 2 N–H and O–H groups in total. The van der Waals surface area contributed by atoms with Crippen LogP contribution in [0.3, 0.4) is 0 Å². The highest BCUT2D eigenvalue weighted by Crippen LogP contribution is 2.31. The number of thioether (sulfide) groups is 1. The minimum Gasteiger partial charge on any atom is -0.485 e. The Hall–Kier alpha value is -2.28. The van der Waals surface area contributed by atoms with E-state index in [-0.39, 0.29) is 16.4 Å². The van der Waals surface area contributed by atoms with Crippen LogP contribution in [0.1, 0.15) is 9.67 Å². The highest BCUT2D eigenvalue weighted by atomic mass is 32.2. The van der Waals surface area contributed by atoms with E-state index in [9.17, 15) is 18.0 Å². The third-order valence-electron chi connectivity index (χ3n) is 4.52. The van der Waals surface area contributed by atoms with Crippen molar-refractivity contribution < 1.29 is 27.5 Å². The molecule has 3 heterocycles. The van der Waals surface area contributed by atoms with Crippen molar-refractivity contribution in [2.75, 3.05) is 31.2 Å². The Balaban J connectivity index is 1.39. The number of hydrogen-bond acceptors (Lipinski definition) is 8. The number of thiophene rings is 1. The molecule has 0 radical (unpaired) electrons. The fourth-order valence-corrected chi connectivity index (χ4v) is 6.87. The molecule has 12 heteroatoms. The van der Waals surface area contributed by atoms with Crippen molar-refractivity contribution in [3.05, 3.63) is 40.6 Å². The number of carbonyl (C=O) groups is 2. The van der Waals surface area contributed by atoms with Crippen molar-refractivity contribution in [1.82, 2.24) is 15.2 Å². The average Bonchev–Trinajstić information content (AvgIpc) is 3.28. The van der Waals surface area contributed by atoms with E-state index in [1.165, 1.54) is 15.8 Å². The van der Waals surface area contributed by atoms with Gasteiger partial charge in [0.05, 0.1) is 0 Å². The van der Waals surface area contributed by atoms with Crippen molar-refractivity contribution >= 4 is 44.9 Å². The second kappa shape index (κ2) is 8.84. The lowest BCUT2D eigenvalue weighted by Crippen LogP contribution is -2.51. The summed E-state index contributed by atoms with van der Waals surface area (Å²) in [4.78, 5) is 24.9. The van der Waals surface area contributed by atoms with Crippen LogP contribution in [0, 0.1) is 0 Å². The van der Waals surface area contributed by atoms with E-state index in [1.54, 1.807) is 36.0 Å². The Kier molecular flexibility index (Phi) is 6.18. The number of rotatable bonds is 4. The number of carbonyl (C=O) groups excluding carboxylic acids is 2. The molecule has 1 aromatic carbocycles. The number of nitrogens with zero attached hydrogens (tertiary/aromatic N) is 1. The van der Waals surface area contributed by atoms with Crippen LogP contribution in [-0.4, -0.2) is 61.8 Å². The molecule has 1 saturated heterocycles. The number of amides is 2. The van der Waals surface area contributed by atoms with Crippen LogP contribution in [0.2, 0.25) is 0 Å². The molecule has 1 aromatic heterocycles. The monoisotopic (exact) mass is 469 g/mol. The summed E-state index contributed by atoms with van der Waals surface area (Å²) in [7, 11) is -3.77. The van der Waals surface area contributed by atoms with E-state index in [0.717, 1.165) is 11.3 Å². The third kappa shape index (κ3) is 4.26. The molecule has 2 amide bonds. The van der Waals surface area contributed by atoms with Gasteiger partial charge in [-0.1, -0.05) is 12.1 Å². The van der Waals surface area contributed by atoms with Crippen LogP contribution in [0.5, 0.6) is 11.5 Å². The fraction of sp³-hybridized carbons (Fsp3) is 0.333. The zero-order valence-corrected chi connectivity index (χ0v) is 18.1. The van der Waals surface area contributed by atoms with Gasteiger partial charge in [-0.2, -0.15) is 16.1 Å². The molecule has 1 unspecified atom stereocenters. The van der Waals surface area contributed by atoms with Gasteiger partial charge in [-0.3, -0.25) is 20.4 Å². The number of para-hydroxylation sites is 2. The lowest BCUT2D eigenvalue weighted by Gasteiger charge is -2.26. The lowest BCUT2D eigenvalue weighted by molar-refractivity contribution is -0.131. The SMILES string of the molecule is O=C(NNC(=O)C1COc2ccccc2O1)c1sccc1S(=O)(=O)N1CCSCC1. The number of benzene rings is 1. The lowest BCUT2D eigenvalue weighted by atomic mass is 10.2. The molecule has 1 fully saturated rings. The maximum atomic E-state index is 12.9. The van der Waals surface area contributed by atoms with Crippen LogP contribution < -0.4 is 20.3 Å². The predicted molar refractivity (Wildman–Crippen MR) is 112 cm³/mol. The highest BCUT2D eigenvalue weighted by molar-refractivity contribution is 7.99. The number of nitrogens with one attached hydrogen (secondary N) is 2. The molecule has 0 saturated carbocycles. The van der Waals surface area contributed by atoms with E-state index in [2.05, 4.69) is 10.9 Å². The zero-order chi connectivity index (χ0) is 21.1. The molecular formula is C18H19N3O6S3. The Morgan fingerprint density at radius 3 is 2.57 bits per heavy atom. The quantitative estimate of drug-likeness (QED) is 0.644. The van der Waals surface area contributed by atoms with Gasteiger partial charge in [0.2, 0.25) is 16.1 Å². The van der Waals surface area contributed by atoms with Gasteiger partial charge in [-0.25, -0.2) is 8.42 Å². The van der Waals surface area contributed by atoms with Crippen LogP contribution in [-0.2, 0) is 14.8 Å². The number of hydrogen-bond donors (Lipinski definition) is 2. The summed E-state index contributed by atoms with van der Waals surface area (Å²) < 4.78 is 38.2. The Morgan fingerprint density at radius 1 is 1.07 bits per heavy atom. The summed E-state index contributed by atoms with van der Waals surface area (Å²) in [6, 6.07) is 8.36. The van der Waals surface area contributed by atoms with E-state index >= 15 is 0 Å². The molecular weight excluding hydrogens is 450 g/mol. The van der Waals surface area contributed by atoms with Crippen LogP contribution in [0.15, 0.2) is 40.6 Å². The first kappa shape index (κ1) is 21.0. The zero-order valence-electron chi connectivity index (χ0n) is 15.7. The third-order valence-corrected chi connectivity index (χ3v) is 8.45. The normalized spacial score (nSPS) is 19.1. The summed E-state index contributed by atoms with van der Waals surface area (Å²) in [5.74, 6) is 1.09. The Bertz CT molecular complexity index is 1050. The number of hydrazine groups is 1. The van der Waals surface area contributed by atoms with E-state index in [4.69, 9.17) is 9.47 Å². The standard InChI is InChI=1S/C18H19N3O6S3/c22-17(14-11-26-12-3-1-2-4-13(12)27-14)19-20-18(23)16-15(5-8-29-16)30(24,25)21-6-9-28-10-7-21/h1-5,8,14H,6-7,9-11H2,(H,19,22)(H,20,23). The summed E-state index contributed by atoms with van der Waals surface area (Å²) in [6.07, 6.45) is -0.947. The molecule has 2 aromatic rings. The minimum atomic E-state index is -3.77. The van der Waals surface area contributed by atoms with E-state index in [1.807, 2.05) is 0 Å². The number of ether oxygens (including phenoxy) is 2. The number of fused-ring (bicyclic) bond motifs is 1. The average molecular weight is 470 g/mol. The molecule has 4 rings (SSSR count). The predicted octanol–water partition coefficient (Wildman–Crippen LogP) is 1.09. The Morgan fingerprint density at radius 2 is 1.80 bits per heavy atom. The van der Waals surface area contributed by atoms with Gasteiger partial charge in [0.25, 0.3) is 11.8 Å². The molecule has 1 atom stereocenters. The molecule has 0 aliphatic carbocycles. The second-order valence-electron chi connectivity index (χ2n) is 6.44. The topological polar surface area (TPSA) is 114 Å². The number of sulfonamides is 1. The highest BCUT2D eigenvalue weighted by Gasteiger charge is 2.32. The first-order chi connectivity index (χ1) is 14.5. The van der Waals surface area contributed by atoms with Gasteiger partial charge in [0, 0.05) is 24.6 Å². The molecule has 0 spiro atoms. The van der Waals surface area contributed by atoms with Gasteiger partial charge in [-0.15, -0.1) is 11.3 Å². The Labute approximate surface area is 181 Å². The largest absolute Gasteiger partial charge is 0.485 e. The fourth-order valence-electron chi connectivity index (χ4n) is 3.00. The van der Waals surface area contributed by atoms with Crippen LogP contribution in [0.25, 0.3) is 0 Å². The summed E-state index contributed by atoms with van der Waals surface area (Å²) in [5, 5.41) is 1.54. The first-order valence-electron chi connectivity index (χ1n) is 9.11. The summed E-state index contributed by atoms with van der Waals surface area (Å²) >= 11 is 2.69. The van der Waals surface area contributed by atoms with Gasteiger partial charge >= 0.3 is 0 Å². The smallest absolute Gasteiger partial charge is 0.283 e. The minimum absolute atomic E-state index is 0.00960. The molecule has 0 bridgehead atoms. The van der Waals surface area contributed by atoms with Gasteiger partial charge < -0.3 is 9.47 Å². The van der Waals surface area contributed by atoms with Crippen molar-refractivity contribution in [1.29, 1.82) is 0 Å². The van der Waals surface area contributed by atoms with Gasteiger partial charge in [0.15, 0.2) is 11.5 Å². The van der Waals surface area contributed by atoms with Crippen molar-refractivity contribution in [3.8, 4) is 11.5 Å². The van der Waals surface area contributed by atoms with Crippen LogP contribution in [0.4, 0.5) is 0 Å². The second-order valence-corrected chi connectivity index (χ2v) is 10.5. The maximum absolute atomic E-state index is 12.9. The van der Waals surface area contributed by atoms with Gasteiger partial charge in [0.1, 0.15) is 16.4 Å². The molecule has 2 aliphatic heterocycles. The summed E-state index contributed by atoms with van der Waals surface area (Å²) in [5.41, 5.74) is 4.55. The summed E-state index contributed by atoms with van der Waals surface area (Å²) in [6.45, 7) is 0.798. The molecule has 160 valence electrons.